The monoisotopic (exact) mass is 258 g/mol. The number of nitrogens with zero attached hydrogens (tertiary/aromatic N) is 1. The van der Waals surface area contributed by atoms with Crippen LogP contribution in [-0.2, 0) is 0 Å². The van der Waals surface area contributed by atoms with Gasteiger partial charge in [0.1, 0.15) is 0 Å². The van der Waals surface area contributed by atoms with Crippen LogP contribution in [0, 0.1) is 0 Å². The highest BCUT2D eigenvalue weighted by molar-refractivity contribution is 5.94. The molecule has 1 N–H and O–H groups in total. The van der Waals surface area contributed by atoms with Crippen LogP contribution < -0.4 is 5.32 Å². The third-order valence-electron chi connectivity index (χ3n) is 3.08. The van der Waals surface area contributed by atoms with Crippen LogP contribution in [0.4, 0.5) is 0 Å². The number of furan rings is 1. The predicted octanol–water partition coefficient (Wildman–Crippen LogP) is 1.57. The standard InChI is InChI=1S/C12H18N2O2.ClH/c1-14(10-4-2-6-13-8-10)9-11(15)12-5-3-7-16-12;/h3,5,7,10,13H,2,4,6,8-9H2,1H3;1H/t10-;/m1./s1. The van der Waals surface area contributed by atoms with E-state index < -0.39 is 0 Å². The second-order valence-corrected chi connectivity index (χ2v) is 4.32. The molecule has 2 heterocycles. The number of carbonyl (C=O) groups excluding carboxylic acids is 1. The van der Waals surface area contributed by atoms with Gasteiger partial charge in [-0.15, -0.1) is 12.4 Å². The second-order valence-electron chi connectivity index (χ2n) is 4.32. The Morgan fingerprint density at radius 3 is 3.06 bits per heavy atom. The van der Waals surface area contributed by atoms with Crippen molar-refractivity contribution in [3.8, 4) is 0 Å². The van der Waals surface area contributed by atoms with Gasteiger partial charge in [-0.25, -0.2) is 0 Å². The van der Waals surface area contributed by atoms with E-state index in [-0.39, 0.29) is 18.2 Å². The molecule has 1 fully saturated rings. The summed E-state index contributed by atoms with van der Waals surface area (Å²) >= 11 is 0. The van der Waals surface area contributed by atoms with E-state index in [2.05, 4.69) is 10.2 Å². The Kier molecular flexibility index (Phi) is 5.68. The van der Waals surface area contributed by atoms with Crippen molar-refractivity contribution in [2.24, 2.45) is 0 Å². The van der Waals surface area contributed by atoms with Gasteiger partial charge < -0.3 is 9.73 Å². The number of halogens is 1. The Balaban J connectivity index is 0.00000144. The molecule has 0 amide bonds. The molecule has 2 rings (SSSR count). The highest BCUT2D eigenvalue weighted by atomic mass is 35.5. The number of rotatable bonds is 4. The van der Waals surface area contributed by atoms with Crippen LogP contribution in [0.5, 0.6) is 0 Å². The maximum Gasteiger partial charge on any atom is 0.211 e. The number of likely N-dealkylation sites (N-methyl/N-ethyl adjacent to an activating group) is 1. The summed E-state index contributed by atoms with van der Waals surface area (Å²) in [5, 5.41) is 3.35. The average Bonchev–Trinajstić information content (AvgIpc) is 2.83. The van der Waals surface area contributed by atoms with Gasteiger partial charge in [-0.05, 0) is 38.6 Å². The van der Waals surface area contributed by atoms with Crippen molar-refractivity contribution in [1.82, 2.24) is 10.2 Å². The summed E-state index contributed by atoms with van der Waals surface area (Å²) in [6.45, 7) is 2.50. The molecule has 1 saturated heterocycles. The van der Waals surface area contributed by atoms with Crippen LogP contribution in [0.25, 0.3) is 0 Å². The molecule has 1 aliphatic heterocycles. The lowest BCUT2D eigenvalue weighted by Crippen LogP contribution is -2.45. The smallest absolute Gasteiger partial charge is 0.211 e. The lowest BCUT2D eigenvalue weighted by atomic mass is 10.1. The number of hydrogen-bond acceptors (Lipinski definition) is 4. The molecule has 1 aromatic heterocycles. The third-order valence-corrected chi connectivity index (χ3v) is 3.08. The van der Waals surface area contributed by atoms with Gasteiger partial charge in [0.05, 0.1) is 12.8 Å². The summed E-state index contributed by atoms with van der Waals surface area (Å²) in [5.74, 6) is 0.508. The van der Waals surface area contributed by atoms with E-state index >= 15 is 0 Å². The van der Waals surface area contributed by atoms with E-state index in [1.54, 1.807) is 12.1 Å². The van der Waals surface area contributed by atoms with Gasteiger partial charge >= 0.3 is 0 Å². The quantitative estimate of drug-likeness (QED) is 0.833. The molecule has 1 aromatic rings. The Morgan fingerprint density at radius 2 is 2.47 bits per heavy atom. The maximum absolute atomic E-state index is 11.8. The van der Waals surface area contributed by atoms with Crippen LogP contribution in [-0.4, -0.2) is 43.4 Å². The number of nitrogens with one attached hydrogen (secondary N) is 1. The molecule has 0 unspecified atom stereocenters. The Labute approximate surface area is 108 Å². The van der Waals surface area contributed by atoms with E-state index in [0.717, 1.165) is 19.5 Å². The molecule has 0 radical (unpaired) electrons. The number of carbonyl (C=O) groups is 1. The molecule has 0 aromatic carbocycles. The number of Topliss-reactive ketones (excluding diaryl/α,β-unsaturated/α-hetero) is 1. The van der Waals surface area contributed by atoms with Crippen LogP contribution >= 0.6 is 12.4 Å². The van der Waals surface area contributed by atoms with Crippen molar-refractivity contribution < 1.29 is 9.21 Å². The van der Waals surface area contributed by atoms with Crippen molar-refractivity contribution >= 4 is 18.2 Å². The first-order chi connectivity index (χ1) is 7.77. The first-order valence-corrected chi connectivity index (χ1v) is 5.75. The van der Waals surface area contributed by atoms with Gasteiger partial charge in [0.25, 0.3) is 0 Å². The Bertz CT molecular complexity index is 334. The fourth-order valence-electron chi connectivity index (χ4n) is 2.08. The lowest BCUT2D eigenvalue weighted by molar-refractivity contribution is 0.0879. The summed E-state index contributed by atoms with van der Waals surface area (Å²) in [7, 11) is 2.00. The molecule has 0 spiro atoms. The average molecular weight is 259 g/mol. The zero-order chi connectivity index (χ0) is 11.4. The van der Waals surface area contributed by atoms with E-state index in [0.29, 0.717) is 18.3 Å². The van der Waals surface area contributed by atoms with Gasteiger partial charge in [0, 0.05) is 12.6 Å². The molecule has 0 bridgehead atoms. The zero-order valence-electron chi connectivity index (χ0n) is 10.0. The molecular formula is C12H19ClN2O2. The highest BCUT2D eigenvalue weighted by Crippen LogP contribution is 2.10. The van der Waals surface area contributed by atoms with Gasteiger partial charge in [0.2, 0.25) is 5.78 Å². The maximum atomic E-state index is 11.8. The molecule has 4 nitrogen and oxygen atoms in total. The largest absolute Gasteiger partial charge is 0.461 e. The van der Waals surface area contributed by atoms with Crippen LogP contribution in [0.15, 0.2) is 22.8 Å². The lowest BCUT2D eigenvalue weighted by Gasteiger charge is -2.30. The van der Waals surface area contributed by atoms with Gasteiger partial charge in [-0.1, -0.05) is 0 Å². The van der Waals surface area contributed by atoms with Crippen LogP contribution in [0.3, 0.4) is 0 Å². The molecule has 0 saturated carbocycles. The van der Waals surface area contributed by atoms with Crippen molar-refractivity contribution in [2.75, 3.05) is 26.7 Å². The van der Waals surface area contributed by atoms with Gasteiger partial charge in [0.15, 0.2) is 5.76 Å². The first-order valence-electron chi connectivity index (χ1n) is 5.75. The summed E-state index contributed by atoms with van der Waals surface area (Å²) in [6, 6.07) is 3.93. The molecule has 5 heteroatoms. The molecule has 0 aliphatic carbocycles. The third kappa shape index (κ3) is 3.84. The Morgan fingerprint density at radius 1 is 1.65 bits per heavy atom. The molecular weight excluding hydrogens is 240 g/mol. The summed E-state index contributed by atoms with van der Waals surface area (Å²) in [4.78, 5) is 13.9. The minimum absolute atomic E-state index is 0. The topological polar surface area (TPSA) is 45.5 Å². The van der Waals surface area contributed by atoms with E-state index in [1.807, 2.05) is 7.05 Å². The summed E-state index contributed by atoms with van der Waals surface area (Å²) in [5.41, 5.74) is 0. The first kappa shape index (κ1) is 14.2. The summed E-state index contributed by atoms with van der Waals surface area (Å²) in [6.07, 6.45) is 3.88. The SMILES string of the molecule is CN(CC(=O)c1ccco1)[C@@H]1CCCNC1.Cl. The van der Waals surface area contributed by atoms with Gasteiger partial charge in [-0.3, -0.25) is 9.69 Å². The van der Waals surface area contributed by atoms with E-state index in [1.165, 1.54) is 12.7 Å². The fourth-order valence-corrected chi connectivity index (χ4v) is 2.08. The van der Waals surface area contributed by atoms with Crippen LogP contribution in [0.2, 0.25) is 0 Å². The van der Waals surface area contributed by atoms with Crippen LogP contribution in [0.1, 0.15) is 23.4 Å². The number of ketones is 1. The number of piperidine rings is 1. The van der Waals surface area contributed by atoms with Crippen molar-refractivity contribution in [1.29, 1.82) is 0 Å². The normalized spacial score (nSPS) is 20.0. The van der Waals surface area contributed by atoms with E-state index in [9.17, 15) is 4.79 Å². The fraction of sp³-hybridized carbons (Fsp3) is 0.583. The van der Waals surface area contributed by atoms with Crippen molar-refractivity contribution in [3.05, 3.63) is 24.2 Å². The van der Waals surface area contributed by atoms with E-state index in [4.69, 9.17) is 4.42 Å². The Hall–Kier alpha value is -0.840. The van der Waals surface area contributed by atoms with Gasteiger partial charge in [-0.2, -0.15) is 0 Å². The molecule has 17 heavy (non-hydrogen) atoms. The highest BCUT2D eigenvalue weighted by Gasteiger charge is 2.20. The van der Waals surface area contributed by atoms with Crippen molar-refractivity contribution in [2.45, 2.75) is 18.9 Å². The number of hydrogen-bond donors (Lipinski definition) is 1. The summed E-state index contributed by atoms with van der Waals surface area (Å²) < 4.78 is 5.09. The zero-order valence-corrected chi connectivity index (χ0v) is 10.8. The predicted molar refractivity (Wildman–Crippen MR) is 68.8 cm³/mol. The minimum atomic E-state index is 0. The molecule has 96 valence electrons. The molecule has 1 atom stereocenters. The second kappa shape index (κ2) is 6.79. The minimum Gasteiger partial charge on any atom is -0.461 e. The van der Waals surface area contributed by atoms with Crippen molar-refractivity contribution in [3.63, 3.8) is 0 Å². The molecule has 1 aliphatic rings.